The summed E-state index contributed by atoms with van der Waals surface area (Å²) in [5.74, 6) is -1.26. The lowest BCUT2D eigenvalue weighted by molar-refractivity contribution is -0.137. The second-order valence-electron chi connectivity index (χ2n) is 4.48. The number of carboxylic acid groups (broad SMARTS) is 1. The van der Waals surface area contributed by atoms with Gasteiger partial charge in [0.25, 0.3) is 5.91 Å². The Balaban J connectivity index is 2.81. The van der Waals surface area contributed by atoms with Crippen molar-refractivity contribution in [3.63, 3.8) is 0 Å². The SMILES string of the molecule is COCCN(CC(=O)O)C(=O)c1cc(C(C)C)[nH]n1. The number of aliphatic carboxylic acids is 1. The van der Waals surface area contributed by atoms with Crippen LogP contribution in [0.15, 0.2) is 6.07 Å². The van der Waals surface area contributed by atoms with Crippen molar-refractivity contribution in [2.45, 2.75) is 19.8 Å². The number of carbonyl (C=O) groups is 2. The second kappa shape index (κ2) is 6.89. The lowest BCUT2D eigenvalue weighted by atomic mass is 10.1. The molecule has 1 rings (SSSR count). The van der Waals surface area contributed by atoms with E-state index in [0.29, 0.717) is 0 Å². The first-order valence-electron chi connectivity index (χ1n) is 6.01. The fourth-order valence-electron chi connectivity index (χ4n) is 1.52. The summed E-state index contributed by atoms with van der Waals surface area (Å²) in [6.07, 6.45) is 0. The average Bonchev–Trinajstić information content (AvgIpc) is 2.82. The number of rotatable bonds is 7. The largest absolute Gasteiger partial charge is 0.480 e. The Morgan fingerprint density at radius 3 is 2.68 bits per heavy atom. The van der Waals surface area contributed by atoms with E-state index in [-0.39, 0.29) is 31.3 Å². The fourth-order valence-corrected chi connectivity index (χ4v) is 1.52. The Labute approximate surface area is 111 Å². The van der Waals surface area contributed by atoms with E-state index in [0.717, 1.165) is 5.69 Å². The Bertz CT molecular complexity index is 442. The molecule has 1 aromatic heterocycles. The zero-order valence-electron chi connectivity index (χ0n) is 11.3. The Morgan fingerprint density at radius 1 is 1.53 bits per heavy atom. The number of H-pyrrole nitrogens is 1. The highest BCUT2D eigenvalue weighted by molar-refractivity contribution is 5.94. The van der Waals surface area contributed by atoms with Gasteiger partial charge in [-0.25, -0.2) is 0 Å². The first kappa shape index (κ1) is 15.2. The topological polar surface area (TPSA) is 95.5 Å². The van der Waals surface area contributed by atoms with Gasteiger partial charge in [-0.1, -0.05) is 13.8 Å². The van der Waals surface area contributed by atoms with Crippen molar-refractivity contribution in [3.8, 4) is 0 Å². The lowest BCUT2D eigenvalue weighted by Crippen LogP contribution is -2.38. The quantitative estimate of drug-likeness (QED) is 0.760. The summed E-state index contributed by atoms with van der Waals surface area (Å²) in [4.78, 5) is 24.1. The van der Waals surface area contributed by atoms with Gasteiger partial charge >= 0.3 is 5.97 Å². The van der Waals surface area contributed by atoms with Crippen molar-refractivity contribution >= 4 is 11.9 Å². The van der Waals surface area contributed by atoms with Crippen LogP contribution in [-0.4, -0.2) is 58.9 Å². The Morgan fingerprint density at radius 2 is 2.21 bits per heavy atom. The normalized spacial score (nSPS) is 10.7. The van der Waals surface area contributed by atoms with Crippen molar-refractivity contribution < 1.29 is 19.4 Å². The first-order chi connectivity index (χ1) is 8.95. The molecule has 0 aromatic carbocycles. The van der Waals surface area contributed by atoms with Gasteiger partial charge in [-0.05, 0) is 12.0 Å². The smallest absolute Gasteiger partial charge is 0.323 e. The van der Waals surface area contributed by atoms with Crippen LogP contribution in [0.5, 0.6) is 0 Å². The maximum atomic E-state index is 12.1. The van der Waals surface area contributed by atoms with Gasteiger partial charge in [-0.15, -0.1) is 0 Å². The molecule has 0 radical (unpaired) electrons. The zero-order chi connectivity index (χ0) is 14.4. The number of methoxy groups -OCH3 is 1. The molecule has 0 saturated carbocycles. The summed E-state index contributed by atoms with van der Waals surface area (Å²) in [5, 5.41) is 15.5. The highest BCUT2D eigenvalue weighted by Gasteiger charge is 2.21. The Kier molecular flexibility index (Phi) is 5.50. The molecule has 0 spiro atoms. The van der Waals surface area contributed by atoms with Crippen molar-refractivity contribution in [2.24, 2.45) is 0 Å². The second-order valence-corrected chi connectivity index (χ2v) is 4.48. The predicted octanol–water partition coefficient (Wildman–Crippen LogP) is 0.706. The van der Waals surface area contributed by atoms with Crippen LogP contribution in [0.2, 0.25) is 0 Å². The molecule has 2 N–H and O–H groups in total. The lowest BCUT2D eigenvalue weighted by Gasteiger charge is -2.18. The van der Waals surface area contributed by atoms with Gasteiger partial charge in [0, 0.05) is 19.3 Å². The Hall–Kier alpha value is -1.89. The molecule has 1 amide bonds. The van der Waals surface area contributed by atoms with E-state index in [1.54, 1.807) is 6.07 Å². The van der Waals surface area contributed by atoms with E-state index in [1.807, 2.05) is 13.8 Å². The molecule has 106 valence electrons. The van der Waals surface area contributed by atoms with E-state index >= 15 is 0 Å². The first-order valence-corrected chi connectivity index (χ1v) is 6.01. The van der Waals surface area contributed by atoms with Gasteiger partial charge in [0.05, 0.1) is 6.61 Å². The third-order valence-electron chi connectivity index (χ3n) is 2.62. The molecule has 1 heterocycles. The van der Waals surface area contributed by atoms with Crippen LogP contribution in [-0.2, 0) is 9.53 Å². The van der Waals surface area contributed by atoms with Crippen molar-refractivity contribution in [1.82, 2.24) is 15.1 Å². The van der Waals surface area contributed by atoms with Crippen LogP contribution < -0.4 is 0 Å². The number of aromatic amines is 1. The molecule has 0 unspecified atom stereocenters. The van der Waals surface area contributed by atoms with E-state index < -0.39 is 11.9 Å². The van der Waals surface area contributed by atoms with Crippen molar-refractivity contribution in [1.29, 1.82) is 0 Å². The van der Waals surface area contributed by atoms with Crippen LogP contribution in [0.3, 0.4) is 0 Å². The molecule has 7 nitrogen and oxygen atoms in total. The number of carbonyl (C=O) groups excluding carboxylic acids is 1. The highest BCUT2D eigenvalue weighted by atomic mass is 16.5. The standard InChI is InChI=1S/C12H19N3O4/c1-8(2)9-6-10(14-13-9)12(18)15(4-5-19-3)7-11(16)17/h6,8H,4-5,7H2,1-3H3,(H,13,14)(H,16,17). The van der Waals surface area contributed by atoms with Crippen LogP contribution in [0.4, 0.5) is 0 Å². The van der Waals surface area contributed by atoms with E-state index in [2.05, 4.69) is 10.2 Å². The van der Waals surface area contributed by atoms with Gasteiger partial charge in [0.2, 0.25) is 0 Å². The number of nitrogens with one attached hydrogen (secondary N) is 1. The molecular formula is C12H19N3O4. The van der Waals surface area contributed by atoms with E-state index in [1.165, 1.54) is 12.0 Å². The molecule has 0 aliphatic heterocycles. The minimum Gasteiger partial charge on any atom is -0.480 e. The van der Waals surface area contributed by atoms with Crippen LogP contribution in [0.1, 0.15) is 35.9 Å². The molecule has 0 fully saturated rings. The predicted molar refractivity (Wildman–Crippen MR) is 68.1 cm³/mol. The van der Waals surface area contributed by atoms with Gasteiger partial charge in [-0.3, -0.25) is 14.7 Å². The zero-order valence-corrected chi connectivity index (χ0v) is 11.3. The third kappa shape index (κ3) is 4.36. The van der Waals surface area contributed by atoms with E-state index in [4.69, 9.17) is 9.84 Å². The van der Waals surface area contributed by atoms with Crippen molar-refractivity contribution in [2.75, 3.05) is 26.8 Å². The minimum atomic E-state index is -1.07. The number of nitrogens with zero attached hydrogens (tertiary/aromatic N) is 2. The minimum absolute atomic E-state index is 0.214. The van der Waals surface area contributed by atoms with Crippen LogP contribution >= 0.6 is 0 Å². The molecule has 0 bridgehead atoms. The third-order valence-corrected chi connectivity index (χ3v) is 2.62. The number of ether oxygens (including phenoxy) is 1. The van der Waals surface area contributed by atoms with Gasteiger partial charge in [0.15, 0.2) is 0 Å². The average molecular weight is 269 g/mol. The molecular weight excluding hydrogens is 250 g/mol. The van der Waals surface area contributed by atoms with Gasteiger partial charge in [0.1, 0.15) is 12.2 Å². The molecule has 0 aliphatic rings. The van der Waals surface area contributed by atoms with Crippen LogP contribution in [0.25, 0.3) is 0 Å². The fraction of sp³-hybridized carbons (Fsp3) is 0.583. The van der Waals surface area contributed by atoms with Crippen molar-refractivity contribution in [3.05, 3.63) is 17.5 Å². The summed E-state index contributed by atoms with van der Waals surface area (Å²) in [5.41, 5.74) is 1.06. The summed E-state index contributed by atoms with van der Waals surface area (Å²) < 4.78 is 4.87. The monoisotopic (exact) mass is 269 g/mol. The number of carboxylic acids is 1. The summed E-state index contributed by atoms with van der Waals surface area (Å²) in [7, 11) is 1.49. The summed E-state index contributed by atoms with van der Waals surface area (Å²) in [6.45, 7) is 4.07. The molecule has 0 aliphatic carbocycles. The molecule has 7 heteroatoms. The summed E-state index contributed by atoms with van der Waals surface area (Å²) in [6, 6.07) is 1.65. The molecule has 0 atom stereocenters. The summed E-state index contributed by atoms with van der Waals surface area (Å²) >= 11 is 0. The number of aromatic nitrogens is 2. The molecule has 0 saturated heterocycles. The van der Waals surface area contributed by atoms with E-state index in [9.17, 15) is 9.59 Å². The number of amides is 1. The van der Waals surface area contributed by atoms with Crippen LogP contribution in [0, 0.1) is 0 Å². The maximum Gasteiger partial charge on any atom is 0.323 e. The van der Waals surface area contributed by atoms with Gasteiger partial charge < -0.3 is 14.7 Å². The highest BCUT2D eigenvalue weighted by Crippen LogP contribution is 2.13. The maximum absolute atomic E-state index is 12.1. The number of hydrogen-bond donors (Lipinski definition) is 2. The number of hydrogen-bond acceptors (Lipinski definition) is 4. The molecule has 1 aromatic rings. The van der Waals surface area contributed by atoms with Gasteiger partial charge in [-0.2, -0.15) is 5.10 Å². The molecule has 19 heavy (non-hydrogen) atoms.